The molecule has 0 aliphatic carbocycles. The Morgan fingerprint density at radius 2 is 2.05 bits per heavy atom. The first-order chi connectivity index (χ1) is 9.19. The van der Waals surface area contributed by atoms with E-state index in [1.165, 1.54) is 11.6 Å². The number of hydrogen-bond acceptors (Lipinski definition) is 2. The first kappa shape index (κ1) is 11.9. The molecule has 0 fully saturated rings. The van der Waals surface area contributed by atoms with Gasteiger partial charge in [-0.15, -0.1) is 0 Å². The molecule has 0 N–H and O–H groups in total. The van der Waals surface area contributed by atoms with E-state index in [0.717, 1.165) is 36.2 Å². The van der Waals surface area contributed by atoms with Crippen LogP contribution in [0.25, 0.3) is 0 Å². The van der Waals surface area contributed by atoms with Gasteiger partial charge < -0.3 is 4.90 Å². The number of rotatable bonds is 2. The molecule has 2 nitrogen and oxygen atoms in total. The minimum Gasteiger partial charge on any atom is -0.341 e. The number of anilines is 2. The molecule has 0 bridgehead atoms. The van der Waals surface area contributed by atoms with Crippen LogP contribution in [0.5, 0.6) is 0 Å². The fourth-order valence-corrected chi connectivity index (χ4v) is 2.58. The summed E-state index contributed by atoms with van der Waals surface area (Å²) in [6, 6.07) is 10.6. The summed E-state index contributed by atoms with van der Waals surface area (Å²) >= 11 is 0. The van der Waals surface area contributed by atoms with E-state index >= 15 is 0 Å². The molecule has 0 saturated carbocycles. The minimum atomic E-state index is -0.216. The van der Waals surface area contributed by atoms with Crippen molar-refractivity contribution in [3.05, 3.63) is 58.9 Å². The van der Waals surface area contributed by atoms with Gasteiger partial charge in [-0.05, 0) is 54.8 Å². The summed E-state index contributed by atoms with van der Waals surface area (Å²) in [6.45, 7) is 2.76. The maximum Gasteiger partial charge on any atom is 0.150 e. The van der Waals surface area contributed by atoms with Gasteiger partial charge in [-0.1, -0.05) is 6.07 Å². The molecule has 2 aromatic rings. The van der Waals surface area contributed by atoms with E-state index in [4.69, 9.17) is 0 Å². The topological polar surface area (TPSA) is 20.3 Å². The second-order valence-corrected chi connectivity index (χ2v) is 4.83. The van der Waals surface area contributed by atoms with Crippen molar-refractivity contribution in [3.63, 3.8) is 0 Å². The molecule has 0 spiro atoms. The lowest BCUT2D eigenvalue weighted by Gasteiger charge is -2.20. The van der Waals surface area contributed by atoms with Gasteiger partial charge in [0.1, 0.15) is 12.1 Å². The molecule has 0 atom stereocenters. The fraction of sp³-hybridized carbons (Fsp3) is 0.188. The van der Waals surface area contributed by atoms with Gasteiger partial charge in [-0.25, -0.2) is 4.39 Å². The van der Waals surface area contributed by atoms with Crippen LogP contribution in [0.15, 0.2) is 36.4 Å². The van der Waals surface area contributed by atoms with Crippen LogP contribution in [0.2, 0.25) is 0 Å². The Morgan fingerprint density at radius 3 is 2.79 bits per heavy atom. The Morgan fingerprint density at radius 1 is 1.21 bits per heavy atom. The average molecular weight is 255 g/mol. The lowest BCUT2D eigenvalue weighted by molar-refractivity contribution is 0.112. The van der Waals surface area contributed by atoms with Gasteiger partial charge in [-0.3, -0.25) is 4.79 Å². The molecule has 1 aliphatic heterocycles. The van der Waals surface area contributed by atoms with Gasteiger partial charge in [0.2, 0.25) is 0 Å². The number of carbonyl (C=O) groups excluding carboxylic acids is 1. The van der Waals surface area contributed by atoms with Crippen LogP contribution in [-0.2, 0) is 6.42 Å². The van der Waals surface area contributed by atoms with Crippen LogP contribution in [-0.4, -0.2) is 12.8 Å². The molecule has 2 aromatic carbocycles. The van der Waals surface area contributed by atoms with E-state index in [1.807, 2.05) is 31.2 Å². The second kappa shape index (κ2) is 4.50. The number of aryl methyl sites for hydroxylation is 1. The highest BCUT2D eigenvalue weighted by Gasteiger charge is 2.21. The minimum absolute atomic E-state index is 0.216. The zero-order chi connectivity index (χ0) is 13.4. The lowest BCUT2D eigenvalue weighted by atomic mass is 10.1. The van der Waals surface area contributed by atoms with E-state index in [0.29, 0.717) is 5.56 Å². The summed E-state index contributed by atoms with van der Waals surface area (Å²) in [5.74, 6) is -0.216. The van der Waals surface area contributed by atoms with Crippen molar-refractivity contribution in [2.45, 2.75) is 13.3 Å². The molecule has 96 valence electrons. The van der Waals surface area contributed by atoms with E-state index in [1.54, 1.807) is 6.07 Å². The van der Waals surface area contributed by atoms with E-state index < -0.39 is 0 Å². The van der Waals surface area contributed by atoms with Crippen LogP contribution < -0.4 is 4.90 Å². The molecule has 0 amide bonds. The molecular formula is C16H14FNO. The molecule has 3 heteroatoms. The van der Waals surface area contributed by atoms with Crippen molar-refractivity contribution >= 4 is 17.7 Å². The Labute approximate surface area is 111 Å². The SMILES string of the molecule is Cc1cc(N2CCc3ccc(F)cc32)ccc1C=O. The van der Waals surface area contributed by atoms with Crippen molar-refractivity contribution < 1.29 is 9.18 Å². The largest absolute Gasteiger partial charge is 0.341 e. The molecule has 1 heterocycles. The highest BCUT2D eigenvalue weighted by Crippen LogP contribution is 2.35. The van der Waals surface area contributed by atoms with Gasteiger partial charge in [0.05, 0.1) is 0 Å². The quantitative estimate of drug-likeness (QED) is 0.763. The van der Waals surface area contributed by atoms with Gasteiger partial charge in [-0.2, -0.15) is 0 Å². The molecule has 0 unspecified atom stereocenters. The van der Waals surface area contributed by atoms with Crippen molar-refractivity contribution in [2.24, 2.45) is 0 Å². The van der Waals surface area contributed by atoms with E-state index in [9.17, 15) is 9.18 Å². The lowest BCUT2D eigenvalue weighted by Crippen LogP contribution is -2.13. The highest BCUT2D eigenvalue weighted by molar-refractivity contribution is 5.80. The summed E-state index contributed by atoms with van der Waals surface area (Å²) in [4.78, 5) is 12.9. The van der Waals surface area contributed by atoms with Crippen LogP contribution in [0.4, 0.5) is 15.8 Å². The predicted octanol–water partition coefficient (Wildman–Crippen LogP) is 3.64. The standard InChI is InChI=1S/C16H14FNO/c1-11-8-15(5-3-13(11)10-19)18-7-6-12-2-4-14(17)9-16(12)18/h2-5,8-10H,6-7H2,1H3. The molecule has 19 heavy (non-hydrogen) atoms. The average Bonchev–Trinajstić information content (AvgIpc) is 2.81. The highest BCUT2D eigenvalue weighted by atomic mass is 19.1. The molecule has 3 rings (SSSR count). The number of nitrogens with zero attached hydrogens (tertiary/aromatic N) is 1. The van der Waals surface area contributed by atoms with Gasteiger partial charge in [0.25, 0.3) is 0 Å². The summed E-state index contributed by atoms with van der Waals surface area (Å²) < 4.78 is 13.4. The van der Waals surface area contributed by atoms with Crippen LogP contribution in [0.1, 0.15) is 21.5 Å². The number of halogens is 1. The number of hydrogen-bond donors (Lipinski definition) is 0. The second-order valence-electron chi connectivity index (χ2n) is 4.83. The first-order valence-electron chi connectivity index (χ1n) is 6.31. The number of aldehydes is 1. The molecule has 0 radical (unpaired) electrons. The number of benzene rings is 2. The molecule has 1 aliphatic rings. The molecule has 0 aromatic heterocycles. The number of fused-ring (bicyclic) bond motifs is 1. The van der Waals surface area contributed by atoms with Crippen molar-refractivity contribution in [1.82, 2.24) is 0 Å². The Kier molecular flexibility index (Phi) is 2.82. The third kappa shape index (κ3) is 2.01. The maximum absolute atomic E-state index is 13.4. The van der Waals surface area contributed by atoms with Crippen molar-refractivity contribution in [3.8, 4) is 0 Å². The van der Waals surface area contributed by atoms with Crippen LogP contribution in [0, 0.1) is 12.7 Å². The van der Waals surface area contributed by atoms with Gasteiger partial charge >= 0.3 is 0 Å². The first-order valence-corrected chi connectivity index (χ1v) is 6.31. The number of carbonyl (C=O) groups is 1. The third-order valence-corrected chi connectivity index (χ3v) is 3.63. The van der Waals surface area contributed by atoms with Gasteiger partial charge in [0.15, 0.2) is 0 Å². The van der Waals surface area contributed by atoms with Gasteiger partial charge in [0, 0.05) is 23.5 Å². The predicted molar refractivity (Wildman–Crippen MR) is 73.7 cm³/mol. The van der Waals surface area contributed by atoms with E-state index in [-0.39, 0.29) is 5.82 Å². The molecular weight excluding hydrogens is 241 g/mol. The van der Waals surface area contributed by atoms with Crippen molar-refractivity contribution in [2.75, 3.05) is 11.4 Å². The summed E-state index contributed by atoms with van der Waals surface area (Å²) in [7, 11) is 0. The Hall–Kier alpha value is -2.16. The smallest absolute Gasteiger partial charge is 0.150 e. The zero-order valence-electron chi connectivity index (χ0n) is 10.7. The molecule has 0 saturated heterocycles. The maximum atomic E-state index is 13.4. The Bertz CT molecular complexity index is 651. The monoisotopic (exact) mass is 255 g/mol. The summed E-state index contributed by atoms with van der Waals surface area (Å²) in [5, 5.41) is 0. The Balaban J connectivity index is 2.04. The fourth-order valence-electron chi connectivity index (χ4n) is 2.58. The third-order valence-electron chi connectivity index (χ3n) is 3.63. The van der Waals surface area contributed by atoms with Crippen LogP contribution >= 0.6 is 0 Å². The summed E-state index contributed by atoms with van der Waals surface area (Å²) in [6.07, 6.45) is 1.78. The van der Waals surface area contributed by atoms with Crippen LogP contribution in [0.3, 0.4) is 0 Å². The summed E-state index contributed by atoms with van der Waals surface area (Å²) in [5.41, 5.74) is 4.74. The van der Waals surface area contributed by atoms with E-state index in [2.05, 4.69) is 4.90 Å². The zero-order valence-corrected chi connectivity index (χ0v) is 10.7. The van der Waals surface area contributed by atoms with Crippen molar-refractivity contribution in [1.29, 1.82) is 0 Å². The normalized spacial score (nSPS) is 13.5.